The van der Waals surface area contributed by atoms with Crippen LogP contribution >= 0.6 is 7.80 Å². The quantitative estimate of drug-likeness (QED) is 0.419. The van der Waals surface area contributed by atoms with Gasteiger partial charge in [0.05, 0.1) is 0 Å². The van der Waals surface area contributed by atoms with Gasteiger partial charge in [0.1, 0.15) is 0 Å². The summed E-state index contributed by atoms with van der Waals surface area (Å²) in [5.74, 6) is -11.3. The maximum atomic E-state index is 11.0. The van der Waals surface area contributed by atoms with Gasteiger partial charge in [-0.3, -0.25) is 0 Å². The van der Waals surface area contributed by atoms with Crippen molar-refractivity contribution in [2.24, 2.45) is 0 Å². The first-order valence-corrected chi connectivity index (χ1v) is 3.25. The van der Waals surface area contributed by atoms with E-state index in [0.717, 1.165) is 0 Å². The maximum Gasteiger partial charge on any atom is 0.445 e. The fourth-order valence-electron chi connectivity index (χ4n) is 0.161. The topological polar surface area (TPSA) is 17.1 Å². The summed E-state index contributed by atoms with van der Waals surface area (Å²) >= 11 is 0. The minimum atomic E-state index is -5.64. The van der Waals surface area contributed by atoms with Crippen molar-refractivity contribution in [1.29, 1.82) is 0 Å². The molecule has 0 aliphatic carbocycles. The van der Waals surface area contributed by atoms with Crippen molar-refractivity contribution < 1.29 is 30.9 Å². The van der Waals surface area contributed by atoms with E-state index in [1.54, 1.807) is 0 Å². The number of alkyl halides is 6. The predicted octanol–water partition coefficient (Wildman–Crippen LogP) is 2.59. The van der Waals surface area contributed by atoms with Crippen LogP contribution in [0.4, 0.5) is 26.3 Å². The Balaban J connectivity index is 4.40. The normalized spacial score (nSPS) is 14.3. The molecule has 8 heteroatoms. The van der Waals surface area contributed by atoms with E-state index in [0.29, 0.717) is 0 Å². The minimum absolute atomic E-state index is 5.47. The summed E-state index contributed by atoms with van der Waals surface area (Å²) in [5.41, 5.74) is 0. The molecular formula is C2HF6OP. The van der Waals surface area contributed by atoms with Crippen LogP contribution in [0.25, 0.3) is 0 Å². The van der Waals surface area contributed by atoms with Crippen LogP contribution in [0.1, 0.15) is 0 Å². The van der Waals surface area contributed by atoms with Crippen LogP contribution in [0.3, 0.4) is 0 Å². The average Bonchev–Trinajstić information content (AvgIpc) is 1.59. The number of hydrogen-bond donors (Lipinski definition) is 0. The van der Waals surface area contributed by atoms with Crippen LogP contribution in [0.15, 0.2) is 0 Å². The Morgan fingerprint density at radius 2 is 1.00 bits per heavy atom. The molecule has 0 aromatic rings. The van der Waals surface area contributed by atoms with Crippen molar-refractivity contribution in [2.45, 2.75) is 11.8 Å². The summed E-state index contributed by atoms with van der Waals surface area (Å²) in [7, 11) is -5.47. The monoisotopic (exact) mass is 186 g/mol. The van der Waals surface area contributed by atoms with E-state index in [2.05, 4.69) is 0 Å². The molecule has 0 bridgehead atoms. The number of rotatable bonds is 0. The Kier molecular flexibility index (Phi) is 2.40. The Bertz CT molecular complexity index is 127. The van der Waals surface area contributed by atoms with E-state index in [4.69, 9.17) is 0 Å². The molecule has 0 aromatic heterocycles. The van der Waals surface area contributed by atoms with Crippen molar-refractivity contribution in [3.8, 4) is 0 Å². The first-order chi connectivity index (χ1) is 4.15. The summed E-state index contributed by atoms with van der Waals surface area (Å²) < 4.78 is 75.2. The van der Waals surface area contributed by atoms with Gasteiger partial charge in [0, 0.05) is 0 Å². The van der Waals surface area contributed by atoms with Gasteiger partial charge in [0.25, 0.3) is 7.80 Å². The standard InChI is InChI=1S/C2HF6OP/c3-1(4,5)10(9)2(6,7)8/h10H. The lowest BCUT2D eigenvalue weighted by Gasteiger charge is -2.08. The van der Waals surface area contributed by atoms with Gasteiger partial charge in [-0.05, 0) is 0 Å². The first kappa shape index (κ1) is 9.81. The molecule has 10 heavy (non-hydrogen) atoms. The summed E-state index contributed by atoms with van der Waals surface area (Å²) in [6.07, 6.45) is 0. The van der Waals surface area contributed by atoms with Crippen LogP contribution in [0.2, 0.25) is 0 Å². The van der Waals surface area contributed by atoms with Crippen LogP contribution in [-0.4, -0.2) is 11.8 Å². The summed E-state index contributed by atoms with van der Waals surface area (Å²) in [6.45, 7) is 0. The van der Waals surface area contributed by atoms with Gasteiger partial charge in [-0.25, -0.2) is 0 Å². The molecule has 1 nitrogen and oxygen atoms in total. The summed E-state index contributed by atoms with van der Waals surface area (Å²) in [6, 6.07) is 0. The third-order valence-corrected chi connectivity index (χ3v) is 1.54. The second-order valence-electron chi connectivity index (χ2n) is 1.32. The molecule has 0 N–H and O–H groups in total. The molecule has 0 heterocycles. The van der Waals surface area contributed by atoms with Gasteiger partial charge in [0.15, 0.2) is 0 Å². The molecule has 0 aromatic carbocycles. The second kappa shape index (κ2) is 2.45. The molecule has 0 fully saturated rings. The van der Waals surface area contributed by atoms with Gasteiger partial charge in [0.2, 0.25) is 0 Å². The van der Waals surface area contributed by atoms with Gasteiger partial charge < -0.3 is 4.57 Å². The molecule has 0 unspecified atom stereocenters. The zero-order valence-electron chi connectivity index (χ0n) is 4.18. The third-order valence-electron chi connectivity index (χ3n) is 0.515. The largest absolute Gasteiger partial charge is 0.445 e. The molecule has 0 spiro atoms. The van der Waals surface area contributed by atoms with E-state index < -0.39 is 19.6 Å². The molecule has 62 valence electrons. The number of hydrogen-bond acceptors (Lipinski definition) is 1. The van der Waals surface area contributed by atoms with E-state index >= 15 is 0 Å². The Labute approximate surface area is 51.8 Å². The lowest BCUT2D eigenvalue weighted by Crippen LogP contribution is -2.12. The molecule has 0 saturated carbocycles. The molecule has 0 rings (SSSR count). The van der Waals surface area contributed by atoms with Gasteiger partial charge in [-0.15, -0.1) is 0 Å². The van der Waals surface area contributed by atoms with Crippen molar-refractivity contribution in [3.63, 3.8) is 0 Å². The van der Waals surface area contributed by atoms with E-state index in [1.807, 2.05) is 0 Å². The zero-order chi connectivity index (χ0) is 8.58. The van der Waals surface area contributed by atoms with Crippen molar-refractivity contribution in [2.75, 3.05) is 0 Å². The predicted molar refractivity (Wildman–Crippen MR) is 21.1 cm³/mol. The lowest BCUT2D eigenvalue weighted by atomic mass is 11.5. The minimum Gasteiger partial charge on any atom is -0.307 e. The maximum absolute atomic E-state index is 11.0. The highest BCUT2D eigenvalue weighted by Crippen LogP contribution is 2.55. The highest BCUT2D eigenvalue weighted by molar-refractivity contribution is 7.46. The highest BCUT2D eigenvalue weighted by Gasteiger charge is 2.53. The number of halogens is 6. The fourth-order valence-corrected chi connectivity index (χ4v) is 0.482. The first-order valence-electron chi connectivity index (χ1n) is 1.84. The summed E-state index contributed by atoms with van der Waals surface area (Å²) in [5, 5.41) is 0. The summed E-state index contributed by atoms with van der Waals surface area (Å²) in [4.78, 5) is 0. The third kappa shape index (κ3) is 2.60. The van der Waals surface area contributed by atoms with Crippen molar-refractivity contribution in [1.82, 2.24) is 0 Å². The van der Waals surface area contributed by atoms with Crippen LogP contribution in [0, 0.1) is 0 Å². The van der Waals surface area contributed by atoms with Crippen molar-refractivity contribution in [3.05, 3.63) is 0 Å². The highest BCUT2D eigenvalue weighted by atomic mass is 31.1. The van der Waals surface area contributed by atoms with Crippen LogP contribution in [-0.2, 0) is 4.57 Å². The van der Waals surface area contributed by atoms with Gasteiger partial charge in [-0.1, -0.05) is 0 Å². The average molecular weight is 186 g/mol. The van der Waals surface area contributed by atoms with Gasteiger partial charge >= 0.3 is 11.8 Å². The SMILES string of the molecule is O=[PH](C(F)(F)F)C(F)(F)F. The van der Waals surface area contributed by atoms with Crippen molar-refractivity contribution >= 4 is 7.80 Å². The Hall–Kier alpha value is -0.190. The molecule has 0 aliphatic rings. The van der Waals surface area contributed by atoms with E-state index in [-0.39, 0.29) is 0 Å². The second-order valence-corrected chi connectivity index (χ2v) is 3.12. The smallest absolute Gasteiger partial charge is 0.307 e. The van der Waals surface area contributed by atoms with Crippen LogP contribution < -0.4 is 0 Å². The molecule has 0 amide bonds. The van der Waals surface area contributed by atoms with Crippen LogP contribution in [0.5, 0.6) is 0 Å². The lowest BCUT2D eigenvalue weighted by molar-refractivity contribution is -0.0869. The molecule has 0 saturated heterocycles. The Morgan fingerprint density at radius 3 is 1.00 bits per heavy atom. The Morgan fingerprint density at radius 1 is 0.800 bits per heavy atom. The van der Waals surface area contributed by atoms with Gasteiger partial charge in [-0.2, -0.15) is 26.3 Å². The fraction of sp³-hybridized carbons (Fsp3) is 1.00. The van der Waals surface area contributed by atoms with E-state index in [1.165, 1.54) is 0 Å². The van der Waals surface area contributed by atoms with E-state index in [9.17, 15) is 30.9 Å². The molecule has 0 atom stereocenters. The zero-order valence-corrected chi connectivity index (χ0v) is 5.18. The molecule has 0 radical (unpaired) electrons. The molecule has 0 aliphatic heterocycles. The molecular weight excluding hydrogens is 185 g/mol.